The number of aryl methyl sites for hydroxylation is 2. The molecular weight excluding hydrogens is 359 g/mol. The zero-order valence-electron chi connectivity index (χ0n) is 15.6. The molecule has 1 aliphatic heterocycles. The van der Waals surface area contributed by atoms with Crippen LogP contribution in [0.1, 0.15) is 35.6 Å². The second kappa shape index (κ2) is 8.01. The number of amides is 2. The fourth-order valence-electron chi connectivity index (χ4n) is 2.96. The molecule has 1 aliphatic rings. The van der Waals surface area contributed by atoms with Gasteiger partial charge in [-0.15, -0.1) is 0 Å². The number of carbonyl (C=O) groups is 2. The molecule has 1 heterocycles. The molecule has 0 aliphatic carbocycles. The number of benzene rings is 2. The Hall–Kier alpha value is -3.53. The van der Waals surface area contributed by atoms with E-state index in [4.69, 9.17) is 0 Å². The zero-order chi connectivity index (χ0) is 20.3. The summed E-state index contributed by atoms with van der Waals surface area (Å²) in [5, 5.41) is 17.3. The summed E-state index contributed by atoms with van der Waals surface area (Å²) < 4.78 is 14.0. The number of carbonyl (C=O) groups excluding carboxylic acids is 2. The van der Waals surface area contributed by atoms with E-state index >= 15 is 0 Å². The largest absolute Gasteiger partial charge is 0.331 e. The number of rotatable bonds is 4. The molecule has 1 unspecified atom stereocenters. The maximum absolute atomic E-state index is 14.0. The molecule has 3 rings (SSSR count). The minimum atomic E-state index is -1.15. The van der Waals surface area contributed by atoms with E-state index in [-0.39, 0.29) is 30.0 Å². The molecule has 28 heavy (non-hydrogen) atoms. The van der Waals surface area contributed by atoms with Crippen molar-refractivity contribution in [3.63, 3.8) is 0 Å². The standard InChI is InChI=1S/C21H19FN4O2/c1-13-7-8-14(2)19(11-13)26-20(27)10-9-17(25-26)21(28)24-18(12-23)15-5-3-4-6-16(15)22/h3-8,11,18H,9-10H2,1-2H3,(H,24,28). The van der Waals surface area contributed by atoms with E-state index < -0.39 is 17.8 Å². The highest BCUT2D eigenvalue weighted by Crippen LogP contribution is 2.25. The van der Waals surface area contributed by atoms with Crippen LogP contribution in [0.25, 0.3) is 0 Å². The highest BCUT2D eigenvalue weighted by atomic mass is 19.1. The Morgan fingerprint density at radius 2 is 2.00 bits per heavy atom. The first-order valence-corrected chi connectivity index (χ1v) is 8.83. The Morgan fingerprint density at radius 1 is 1.25 bits per heavy atom. The van der Waals surface area contributed by atoms with Crippen molar-refractivity contribution in [2.75, 3.05) is 5.01 Å². The van der Waals surface area contributed by atoms with Crippen LogP contribution in [0.3, 0.4) is 0 Å². The Balaban J connectivity index is 1.87. The fourth-order valence-corrected chi connectivity index (χ4v) is 2.96. The molecule has 2 aromatic rings. The van der Waals surface area contributed by atoms with Gasteiger partial charge in [-0.1, -0.05) is 30.3 Å². The zero-order valence-corrected chi connectivity index (χ0v) is 15.6. The van der Waals surface area contributed by atoms with Crippen LogP contribution < -0.4 is 10.3 Å². The fraction of sp³-hybridized carbons (Fsp3) is 0.238. The summed E-state index contributed by atoms with van der Waals surface area (Å²) in [4.78, 5) is 25.0. The highest BCUT2D eigenvalue weighted by Gasteiger charge is 2.28. The number of nitriles is 1. The molecule has 0 fully saturated rings. The summed E-state index contributed by atoms with van der Waals surface area (Å²) in [6, 6.07) is 12.1. The summed E-state index contributed by atoms with van der Waals surface area (Å²) in [6.45, 7) is 3.76. The van der Waals surface area contributed by atoms with E-state index in [1.165, 1.54) is 23.2 Å². The average molecular weight is 378 g/mol. The van der Waals surface area contributed by atoms with Gasteiger partial charge in [0.05, 0.1) is 11.8 Å². The molecule has 0 aromatic heterocycles. The molecule has 0 saturated carbocycles. The maximum atomic E-state index is 14.0. The van der Waals surface area contributed by atoms with Gasteiger partial charge in [-0.05, 0) is 37.1 Å². The molecule has 0 bridgehead atoms. The second-order valence-corrected chi connectivity index (χ2v) is 6.60. The number of anilines is 1. The molecule has 7 heteroatoms. The van der Waals surface area contributed by atoms with Gasteiger partial charge >= 0.3 is 0 Å². The van der Waals surface area contributed by atoms with Crippen molar-refractivity contribution in [3.05, 3.63) is 65.0 Å². The summed E-state index contributed by atoms with van der Waals surface area (Å²) in [7, 11) is 0. The number of hydrogen-bond donors (Lipinski definition) is 1. The van der Waals surface area contributed by atoms with Crippen LogP contribution in [0, 0.1) is 31.0 Å². The Kier molecular flexibility index (Phi) is 5.50. The third-order valence-corrected chi connectivity index (χ3v) is 4.51. The quantitative estimate of drug-likeness (QED) is 0.886. The molecule has 142 valence electrons. The highest BCUT2D eigenvalue weighted by molar-refractivity contribution is 6.40. The lowest BCUT2D eigenvalue weighted by Gasteiger charge is -2.25. The van der Waals surface area contributed by atoms with Gasteiger partial charge in [0, 0.05) is 18.4 Å². The van der Waals surface area contributed by atoms with Crippen LogP contribution >= 0.6 is 0 Å². The first-order chi connectivity index (χ1) is 13.4. The molecule has 0 saturated heterocycles. The van der Waals surface area contributed by atoms with Gasteiger partial charge in [0.1, 0.15) is 17.6 Å². The second-order valence-electron chi connectivity index (χ2n) is 6.60. The first kappa shape index (κ1) is 19.2. The van der Waals surface area contributed by atoms with Crippen LogP contribution in [-0.2, 0) is 9.59 Å². The van der Waals surface area contributed by atoms with Crippen LogP contribution in [0.4, 0.5) is 10.1 Å². The number of nitrogens with one attached hydrogen (secondary N) is 1. The van der Waals surface area contributed by atoms with Gasteiger partial charge < -0.3 is 5.32 Å². The molecular formula is C21H19FN4O2. The van der Waals surface area contributed by atoms with Gasteiger partial charge in [-0.2, -0.15) is 10.4 Å². The molecule has 2 aromatic carbocycles. The van der Waals surface area contributed by atoms with Crippen molar-refractivity contribution >= 4 is 23.2 Å². The lowest BCUT2D eigenvalue weighted by molar-refractivity contribution is -0.119. The summed E-state index contributed by atoms with van der Waals surface area (Å²) >= 11 is 0. The first-order valence-electron chi connectivity index (χ1n) is 8.83. The normalized spacial score (nSPS) is 14.9. The third-order valence-electron chi connectivity index (χ3n) is 4.51. The lowest BCUT2D eigenvalue weighted by Crippen LogP contribution is -2.40. The van der Waals surface area contributed by atoms with E-state index in [0.717, 1.165) is 11.1 Å². The minimum absolute atomic E-state index is 0.0808. The number of halogens is 1. The van der Waals surface area contributed by atoms with Crippen molar-refractivity contribution in [2.24, 2.45) is 5.10 Å². The van der Waals surface area contributed by atoms with Gasteiger partial charge in [0.15, 0.2) is 0 Å². The van der Waals surface area contributed by atoms with Gasteiger partial charge in [0.2, 0.25) is 5.91 Å². The molecule has 1 atom stereocenters. The molecule has 6 nitrogen and oxygen atoms in total. The van der Waals surface area contributed by atoms with Crippen LogP contribution in [0.2, 0.25) is 0 Å². The molecule has 0 spiro atoms. The van der Waals surface area contributed by atoms with Crippen molar-refractivity contribution in [2.45, 2.75) is 32.7 Å². The number of nitrogens with zero attached hydrogens (tertiary/aromatic N) is 3. The third kappa shape index (κ3) is 3.91. The SMILES string of the molecule is Cc1ccc(C)c(N2N=C(C(=O)NC(C#N)c3ccccc3F)CCC2=O)c1. The van der Waals surface area contributed by atoms with E-state index in [9.17, 15) is 19.2 Å². The smallest absolute Gasteiger partial charge is 0.268 e. The lowest BCUT2D eigenvalue weighted by atomic mass is 10.1. The predicted octanol–water partition coefficient (Wildman–Crippen LogP) is 3.31. The van der Waals surface area contributed by atoms with Gasteiger partial charge in [-0.3, -0.25) is 9.59 Å². The van der Waals surface area contributed by atoms with Crippen molar-refractivity contribution in [1.29, 1.82) is 5.26 Å². The van der Waals surface area contributed by atoms with E-state index in [0.29, 0.717) is 5.69 Å². The van der Waals surface area contributed by atoms with Gasteiger partial charge in [-0.25, -0.2) is 9.40 Å². The van der Waals surface area contributed by atoms with E-state index in [2.05, 4.69) is 10.4 Å². The summed E-state index contributed by atoms with van der Waals surface area (Å²) in [5.41, 5.74) is 2.63. The van der Waals surface area contributed by atoms with Crippen LogP contribution in [0.5, 0.6) is 0 Å². The Bertz CT molecular complexity index is 1010. The van der Waals surface area contributed by atoms with Crippen molar-refractivity contribution in [3.8, 4) is 6.07 Å². The monoisotopic (exact) mass is 378 g/mol. The average Bonchev–Trinajstić information content (AvgIpc) is 2.69. The minimum Gasteiger partial charge on any atom is -0.331 e. The molecule has 2 amide bonds. The molecule has 0 radical (unpaired) electrons. The number of hydrazone groups is 1. The summed E-state index contributed by atoms with van der Waals surface area (Å²) in [5.74, 6) is -1.39. The van der Waals surface area contributed by atoms with Crippen LogP contribution in [0.15, 0.2) is 47.6 Å². The van der Waals surface area contributed by atoms with Crippen molar-refractivity contribution in [1.82, 2.24) is 5.32 Å². The predicted molar refractivity (Wildman–Crippen MR) is 103 cm³/mol. The number of hydrogen-bond acceptors (Lipinski definition) is 4. The maximum Gasteiger partial charge on any atom is 0.268 e. The topological polar surface area (TPSA) is 85.6 Å². The molecule has 1 N–H and O–H groups in total. The van der Waals surface area contributed by atoms with Crippen LogP contribution in [-0.4, -0.2) is 17.5 Å². The van der Waals surface area contributed by atoms with Gasteiger partial charge in [0.25, 0.3) is 5.91 Å². The van der Waals surface area contributed by atoms with E-state index in [1.807, 2.05) is 38.1 Å². The Morgan fingerprint density at radius 3 is 2.71 bits per heavy atom. The van der Waals surface area contributed by atoms with E-state index in [1.54, 1.807) is 6.07 Å². The Labute approximate surface area is 162 Å². The van der Waals surface area contributed by atoms with Crippen molar-refractivity contribution < 1.29 is 14.0 Å². The summed E-state index contributed by atoms with van der Waals surface area (Å²) in [6.07, 6.45) is 0.276.